The van der Waals surface area contributed by atoms with E-state index in [4.69, 9.17) is 56.6 Å². The maximum Gasteiger partial charge on any atom is 0.499 e. The van der Waals surface area contributed by atoms with Crippen LogP contribution < -0.4 is 0 Å². The molecule has 0 bridgehead atoms. The van der Waals surface area contributed by atoms with Crippen LogP contribution >= 0.6 is 0 Å². The summed E-state index contributed by atoms with van der Waals surface area (Å²) in [6.07, 6.45) is 1.86. The average Bonchev–Trinajstić information content (AvgIpc) is 3.09. The van der Waals surface area contributed by atoms with Crippen molar-refractivity contribution in [2.75, 3.05) is 64.0 Å². The maximum atomic E-state index is 17.6. The van der Waals surface area contributed by atoms with E-state index in [1.807, 2.05) is 13.1 Å². The Balaban J connectivity index is 6.06. The molecule has 23 heteroatoms. The molecule has 13 nitrogen and oxygen atoms in total. The topological polar surface area (TPSA) is 120 Å². The fraction of sp³-hybridized carbons (Fsp3) is 1.00. The first kappa shape index (κ1) is 58.4. The number of halogens is 1. The second kappa shape index (κ2) is 24.4. The quantitative estimate of drug-likeness (QED) is 0.0570. The lowest BCUT2D eigenvalue weighted by molar-refractivity contribution is -0.0949. The Morgan fingerprint density at radius 1 is 0.333 bits per heavy atom. The van der Waals surface area contributed by atoms with Crippen molar-refractivity contribution >= 4 is 76.6 Å². The lowest BCUT2D eigenvalue weighted by Gasteiger charge is -2.40. The molecular formula is C34H87FO13Si9. The monoisotopic (exact) mass is 974 g/mol. The molecule has 0 N–H and O–H groups in total. The first-order valence-electron chi connectivity index (χ1n) is 20.4. The predicted molar refractivity (Wildman–Crippen MR) is 250 cm³/mol. The lowest BCUT2D eigenvalue weighted by atomic mass is 10.1. The summed E-state index contributed by atoms with van der Waals surface area (Å²) in [4.78, 5) is 0. The molecule has 0 aromatic carbocycles. The van der Waals surface area contributed by atoms with Gasteiger partial charge in [0.15, 0.2) is 41.6 Å². The molecule has 0 saturated heterocycles. The molecule has 344 valence electrons. The summed E-state index contributed by atoms with van der Waals surface area (Å²) >= 11 is 0. The highest BCUT2D eigenvalue weighted by atomic mass is 28.4. The van der Waals surface area contributed by atoms with Crippen molar-refractivity contribution < 1.29 is 61.0 Å². The van der Waals surface area contributed by atoms with Crippen LogP contribution in [0.4, 0.5) is 4.39 Å². The van der Waals surface area contributed by atoms with E-state index in [0.717, 1.165) is 30.2 Å². The van der Waals surface area contributed by atoms with Crippen molar-refractivity contribution in [1.82, 2.24) is 0 Å². The van der Waals surface area contributed by atoms with Crippen LogP contribution in [0.3, 0.4) is 0 Å². The van der Waals surface area contributed by atoms with Gasteiger partial charge in [-0.15, -0.1) is 0 Å². The van der Waals surface area contributed by atoms with Crippen LogP contribution in [0.1, 0.15) is 25.7 Å². The summed E-state index contributed by atoms with van der Waals surface area (Å²) in [6, 6.07) is 6.12. The van der Waals surface area contributed by atoms with E-state index >= 15 is 4.39 Å². The Labute approximate surface area is 358 Å². The Hall–Kier alpha value is 1.36. The molecule has 0 aromatic rings. The minimum atomic E-state index is -2.96. The van der Waals surface area contributed by atoms with Crippen LogP contribution in [0, 0.1) is 0 Å². The second-order valence-electron chi connectivity index (χ2n) is 18.6. The summed E-state index contributed by atoms with van der Waals surface area (Å²) in [5.74, 6) is -1.85. The molecule has 0 unspecified atom stereocenters. The molecule has 0 atom stereocenters. The third-order valence-corrected chi connectivity index (χ3v) is 41.7. The normalized spacial score (nSPS) is 14.8. The standard InChI is InChI=1S/C34H87FO13Si9/c1-36-55(37-2,38-3)31-28-51(14,15)46-49(10,11)26-22-24-34(35,45-54(20,21)48-53(18,19)30-33-57(42-7,43-8)44-9)25-23-27-50(12,13)47-52(16,17)29-32-56(39-4,40-5)41-6/h22-33H2,1-21H3. The molecule has 0 aromatic heterocycles. The summed E-state index contributed by atoms with van der Waals surface area (Å²) < 4.78 is 96.0. The summed E-state index contributed by atoms with van der Waals surface area (Å²) in [5.41, 5.74) is 0. The van der Waals surface area contributed by atoms with Crippen molar-refractivity contribution in [2.45, 2.75) is 158 Å². The fourth-order valence-corrected chi connectivity index (χ4v) is 44.6. The Kier molecular flexibility index (Phi) is 25.0. The van der Waals surface area contributed by atoms with Gasteiger partial charge in [-0.3, -0.25) is 0 Å². The molecule has 0 aliphatic rings. The molecule has 0 fully saturated rings. The molecule has 57 heavy (non-hydrogen) atoms. The van der Waals surface area contributed by atoms with Crippen LogP contribution in [0.5, 0.6) is 0 Å². The van der Waals surface area contributed by atoms with E-state index in [1.54, 1.807) is 64.0 Å². The minimum absolute atomic E-state index is 0.275. The number of hydrogen-bond donors (Lipinski definition) is 0. The van der Waals surface area contributed by atoms with Gasteiger partial charge in [-0.1, -0.05) is 0 Å². The fourth-order valence-electron chi connectivity index (χ4n) is 7.69. The predicted octanol–water partition coefficient (Wildman–Crippen LogP) is 9.64. The zero-order chi connectivity index (χ0) is 44.7. The highest BCUT2D eigenvalue weighted by Crippen LogP contribution is 2.37. The molecule has 0 aliphatic heterocycles. The smallest absolute Gasteiger partial charge is 0.456 e. The summed E-state index contributed by atoms with van der Waals surface area (Å²) in [6.45, 7) is 26.2. The van der Waals surface area contributed by atoms with Gasteiger partial charge in [0.1, 0.15) is 0 Å². The summed E-state index contributed by atoms with van der Waals surface area (Å²) in [7, 11) is -7.28. The average molecular weight is 976 g/mol. The molecule has 0 radical (unpaired) electrons. The highest BCUT2D eigenvalue weighted by Gasteiger charge is 2.47. The van der Waals surface area contributed by atoms with Gasteiger partial charge in [0.25, 0.3) is 0 Å². The van der Waals surface area contributed by atoms with Crippen molar-refractivity contribution in [2.24, 2.45) is 0 Å². The second-order valence-corrected chi connectivity index (χ2v) is 53.4. The lowest BCUT2D eigenvalue weighted by Crippen LogP contribution is -2.52. The van der Waals surface area contributed by atoms with Crippen LogP contribution in [0.15, 0.2) is 0 Å². The van der Waals surface area contributed by atoms with Gasteiger partial charge in [-0.25, -0.2) is 4.39 Å². The van der Waals surface area contributed by atoms with Crippen LogP contribution in [0.2, 0.25) is 127 Å². The Bertz CT molecular complexity index is 1050. The molecule has 0 amide bonds. The Morgan fingerprint density at radius 3 is 0.807 bits per heavy atom. The first-order chi connectivity index (χ1) is 25.9. The number of hydrogen-bond acceptors (Lipinski definition) is 13. The zero-order valence-corrected chi connectivity index (χ0v) is 49.2. The summed E-state index contributed by atoms with van der Waals surface area (Å²) in [5, 5.41) is 0. The number of rotatable bonds is 34. The van der Waals surface area contributed by atoms with Crippen molar-refractivity contribution in [3.63, 3.8) is 0 Å². The maximum absolute atomic E-state index is 17.6. The van der Waals surface area contributed by atoms with Crippen molar-refractivity contribution in [3.8, 4) is 0 Å². The van der Waals surface area contributed by atoms with Crippen molar-refractivity contribution in [1.29, 1.82) is 0 Å². The van der Waals surface area contributed by atoms with E-state index in [-0.39, 0.29) is 12.8 Å². The van der Waals surface area contributed by atoms with E-state index < -0.39 is 82.4 Å². The molecule has 0 heterocycles. The van der Waals surface area contributed by atoms with Crippen LogP contribution in [0.25, 0.3) is 0 Å². The minimum Gasteiger partial charge on any atom is -0.456 e. The molecule has 0 aliphatic carbocycles. The van der Waals surface area contributed by atoms with Gasteiger partial charge in [-0.2, -0.15) is 0 Å². The van der Waals surface area contributed by atoms with Gasteiger partial charge >= 0.3 is 35.0 Å². The van der Waals surface area contributed by atoms with Gasteiger partial charge in [0.05, 0.1) is 0 Å². The third-order valence-electron chi connectivity index (χ3n) is 10.6. The Morgan fingerprint density at radius 2 is 0.561 bits per heavy atom. The van der Waals surface area contributed by atoms with E-state index in [9.17, 15) is 0 Å². The molecule has 0 saturated carbocycles. The van der Waals surface area contributed by atoms with Crippen LogP contribution in [-0.4, -0.2) is 146 Å². The third kappa shape index (κ3) is 22.0. The largest absolute Gasteiger partial charge is 0.499 e. The zero-order valence-electron chi connectivity index (χ0n) is 40.2. The molecule has 0 rings (SSSR count). The van der Waals surface area contributed by atoms with E-state index in [2.05, 4.69) is 65.5 Å². The first-order valence-corrected chi connectivity index (χ1v) is 44.6. The van der Waals surface area contributed by atoms with Gasteiger partial charge < -0.3 is 56.6 Å². The SMILES string of the molecule is CO[Si](CC[Si](C)(C)O[Si](C)(C)CCCC(F)(CCC[Si](C)(C)O[Si](C)(C)CC[Si](OC)(OC)OC)O[Si](C)(C)O[Si](C)(C)CC[Si](OC)(OC)OC)(OC)OC. The van der Waals surface area contributed by atoms with Crippen molar-refractivity contribution in [3.05, 3.63) is 0 Å². The van der Waals surface area contributed by atoms with Gasteiger partial charge in [-0.05, 0) is 122 Å². The molecular weight excluding hydrogens is 888 g/mol. The van der Waals surface area contributed by atoms with E-state index in [1.165, 1.54) is 0 Å². The van der Waals surface area contributed by atoms with E-state index in [0.29, 0.717) is 31.0 Å². The highest BCUT2D eigenvalue weighted by molar-refractivity contribution is 6.86. The van der Waals surface area contributed by atoms with Crippen LogP contribution in [-0.2, 0) is 56.6 Å². The number of alkyl halides is 1. The molecule has 0 spiro atoms. The van der Waals surface area contributed by atoms with Gasteiger partial charge in [0.2, 0.25) is 5.85 Å². The van der Waals surface area contributed by atoms with Gasteiger partial charge in [0, 0.05) is 95.0 Å².